The van der Waals surface area contributed by atoms with Crippen molar-refractivity contribution in [1.29, 1.82) is 0 Å². The van der Waals surface area contributed by atoms with Crippen LogP contribution in [-0.4, -0.2) is 19.0 Å². The molecule has 0 aromatic heterocycles. The number of carbonyl (C=O) groups is 1. The Bertz CT molecular complexity index is 379. The van der Waals surface area contributed by atoms with Crippen LogP contribution in [0.15, 0.2) is 24.3 Å². The van der Waals surface area contributed by atoms with Crippen molar-refractivity contribution in [2.75, 3.05) is 18.0 Å². The summed E-state index contributed by atoms with van der Waals surface area (Å²) < 4.78 is 0. The van der Waals surface area contributed by atoms with Gasteiger partial charge in [0.15, 0.2) is 0 Å². The number of amides is 1. The lowest BCUT2D eigenvalue weighted by molar-refractivity contribution is -0.119. The van der Waals surface area contributed by atoms with E-state index < -0.39 is 0 Å². The quantitative estimate of drug-likeness (QED) is 0.878. The van der Waals surface area contributed by atoms with Crippen LogP contribution in [0.4, 0.5) is 5.69 Å². The lowest BCUT2D eigenvalue weighted by Gasteiger charge is -2.24. The largest absolute Gasteiger partial charge is 0.329 e. The van der Waals surface area contributed by atoms with E-state index in [4.69, 9.17) is 17.3 Å². The van der Waals surface area contributed by atoms with Gasteiger partial charge in [-0.05, 0) is 18.1 Å². The Hall–Kier alpha value is -1.06. The summed E-state index contributed by atoms with van der Waals surface area (Å²) in [6, 6.07) is 7.34. The minimum Gasteiger partial charge on any atom is -0.329 e. The number of carbonyl (C=O) groups excluding carboxylic acids is 1. The molecule has 0 saturated heterocycles. The van der Waals surface area contributed by atoms with Crippen LogP contribution in [0.1, 0.15) is 20.3 Å². The fourth-order valence-electron chi connectivity index (χ4n) is 1.64. The van der Waals surface area contributed by atoms with E-state index in [1.54, 1.807) is 11.0 Å². The maximum atomic E-state index is 12.1. The molecule has 0 atom stereocenters. The van der Waals surface area contributed by atoms with Gasteiger partial charge in [-0.25, -0.2) is 0 Å². The Morgan fingerprint density at radius 2 is 2.06 bits per heavy atom. The van der Waals surface area contributed by atoms with Crippen LogP contribution in [0.5, 0.6) is 0 Å². The Morgan fingerprint density at radius 1 is 1.41 bits per heavy atom. The summed E-state index contributed by atoms with van der Waals surface area (Å²) >= 11 is 6.10. The summed E-state index contributed by atoms with van der Waals surface area (Å²) in [5.41, 5.74) is 6.29. The fraction of sp³-hybridized carbons (Fsp3) is 0.462. The van der Waals surface area contributed by atoms with Gasteiger partial charge in [0.25, 0.3) is 0 Å². The standard InChI is InChI=1S/C13H19ClN2O/c1-10(2)9-13(17)16(8-7-15)12-6-4-3-5-11(12)14/h3-6,10H,7-9,15H2,1-2H3. The van der Waals surface area contributed by atoms with Crippen molar-refractivity contribution in [3.8, 4) is 0 Å². The number of nitrogens with two attached hydrogens (primary N) is 1. The van der Waals surface area contributed by atoms with E-state index >= 15 is 0 Å². The number of rotatable bonds is 5. The van der Waals surface area contributed by atoms with E-state index in [9.17, 15) is 4.79 Å². The molecular weight excluding hydrogens is 236 g/mol. The van der Waals surface area contributed by atoms with Crippen LogP contribution >= 0.6 is 11.6 Å². The number of hydrogen-bond donors (Lipinski definition) is 1. The lowest BCUT2D eigenvalue weighted by atomic mass is 10.1. The van der Waals surface area contributed by atoms with Gasteiger partial charge in [0.05, 0.1) is 10.7 Å². The summed E-state index contributed by atoms with van der Waals surface area (Å²) in [6.45, 7) is 4.96. The summed E-state index contributed by atoms with van der Waals surface area (Å²) in [7, 11) is 0. The van der Waals surface area contributed by atoms with Crippen molar-refractivity contribution in [2.24, 2.45) is 11.7 Å². The molecule has 0 radical (unpaired) electrons. The number of benzene rings is 1. The second-order valence-electron chi connectivity index (χ2n) is 4.38. The number of anilines is 1. The molecule has 17 heavy (non-hydrogen) atoms. The van der Waals surface area contributed by atoms with Crippen molar-refractivity contribution in [3.63, 3.8) is 0 Å². The van der Waals surface area contributed by atoms with Crippen LogP contribution in [0, 0.1) is 5.92 Å². The molecule has 4 heteroatoms. The number of halogens is 1. The Kier molecular flexibility index (Phi) is 5.45. The molecule has 0 aliphatic rings. The zero-order chi connectivity index (χ0) is 12.8. The fourth-order valence-corrected chi connectivity index (χ4v) is 1.88. The molecule has 0 unspecified atom stereocenters. The minimum atomic E-state index is 0.0681. The second-order valence-corrected chi connectivity index (χ2v) is 4.79. The molecule has 0 aliphatic carbocycles. The van der Waals surface area contributed by atoms with Crippen LogP contribution < -0.4 is 10.6 Å². The SMILES string of the molecule is CC(C)CC(=O)N(CCN)c1ccccc1Cl. The van der Waals surface area contributed by atoms with Crippen LogP contribution in [-0.2, 0) is 4.79 Å². The molecule has 0 heterocycles. The van der Waals surface area contributed by atoms with Gasteiger partial charge in [-0.2, -0.15) is 0 Å². The molecule has 3 nitrogen and oxygen atoms in total. The summed E-state index contributed by atoms with van der Waals surface area (Å²) in [5, 5.41) is 0.582. The van der Waals surface area contributed by atoms with E-state index in [1.165, 1.54) is 0 Å². The predicted octanol–water partition coefficient (Wildman–Crippen LogP) is 2.68. The Labute approximate surface area is 108 Å². The first-order valence-electron chi connectivity index (χ1n) is 5.81. The third kappa shape index (κ3) is 4.02. The zero-order valence-corrected chi connectivity index (χ0v) is 11.1. The third-order valence-electron chi connectivity index (χ3n) is 2.38. The molecule has 0 spiro atoms. The number of nitrogens with zero attached hydrogens (tertiary/aromatic N) is 1. The highest BCUT2D eigenvalue weighted by Crippen LogP contribution is 2.26. The average molecular weight is 255 g/mol. The maximum Gasteiger partial charge on any atom is 0.227 e. The first kappa shape index (κ1) is 14.0. The molecule has 1 rings (SSSR count). The Balaban J connectivity index is 2.93. The smallest absolute Gasteiger partial charge is 0.227 e. The minimum absolute atomic E-state index is 0.0681. The Morgan fingerprint density at radius 3 is 2.59 bits per heavy atom. The molecule has 2 N–H and O–H groups in total. The molecule has 1 aromatic rings. The topological polar surface area (TPSA) is 46.3 Å². The first-order chi connectivity index (χ1) is 8.06. The van der Waals surface area contributed by atoms with Gasteiger partial charge in [-0.3, -0.25) is 4.79 Å². The highest BCUT2D eigenvalue weighted by atomic mass is 35.5. The molecule has 94 valence electrons. The second kappa shape index (κ2) is 6.62. The zero-order valence-electron chi connectivity index (χ0n) is 10.3. The molecule has 0 fully saturated rings. The predicted molar refractivity (Wildman–Crippen MR) is 72.3 cm³/mol. The average Bonchev–Trinajstić information content (AvgIpc) is 2.26. The normalized spacial score (nSPS) is 10.6. The van der Waals surface area contributed by atoms with E-state index in [2.05, 4.69) is 0 Å². The number of para-hydroxylation sites is 1. The maximum absolute atomic E-state index is 12.1. The van der Waals surface area contributed by atoms with Crippen molar-refractivity contribution in [1.82, 2.24) is 0 Å². The van der Waals surface area contributed by atoms with Gasteiger partial charge in [-0.15, -0.1) is 0 Å². The van der Waals surface area contributed by atoms with Crippen molar-refractivity contribution >= 4 is 23.2 Å². The molecule has 0 saturated carbocycles. The van der Waals surface area contributed by atoms with Gasteiger partial charge in [0, 0.05) is 19.5 Å². The molecule has 0 bridgehead atoms. The van der Waals surface area contributed by atoms with E-state index in [1.807, 2.05) is 32.0 Å². The van der Waals surface area contributed by atoms with Crippen molar-refractivity contribution < 1.29 is 4.79 Å². The highest BCUT2D eigenvalue weighted by molar-refractivity contribution is 6.33. The van der Waals surface area contributed by atoms with E-state index in [0.717, 1.165) is 5.69 Å². The summed E-state index contributed by atoms with van der Waals surface area (Å²) in [5.74, 6) is 0.392. The molecular formula is C13H19ClN2O. The number of hydrogen-bond acceptors (Lipinski definition) is 2. The van der Waals surface area contributed by atoms with Crippen LogP contribution in [0.2, 0.25) is 5.02 Å². The van der Waals surface area contributed by atoms with Crippen molar-refractivity contribution in [3.05, 3.63) is 29.3 Å². The first-order valence-corrected chi connectivity index (χ1v) is 6.19. The van der Waals surface area contributed by atoms with Crippen LogP contribution in [0.3, 0.4) is 0 Å². The molecule has 0 aliphatic heterocycles. The van der Waals surface area contributed by atoms with Gasteiger partial charge in [0.1, 0.15) is 0 Å². The van der Waals surface area contributed by atoms with E-state index in [0.29, 0.717) is 30.5 Å². The van der Waals surface area contributed by atoms with Crippen LogP contribution in [0.25, 0.3) is 0 Å². The lowest BCUT2D eigenvalue weighted by Crippen LogP contribution is -2.36. The molecule has 1 amide bonds. The van der Waals surface area contributed by atoms with Gasteiger partial charge >= 0.3 is 0 Å². The monoisotopic (exact) mass is 254 g/mol. The molecule has 1 aromatic carbocycles. The summed E-state index contributed by atoms with van der Waals surface area (Å²) in [4.78, 5) is 13.8. The van der Waals surface area contributed by atoms with Gasteiger partial charge < -0.3 is 10.6 Å². The highest BCUT2D eigenvalue weighted by Gasteiger charge is 2.17. The third-order valence-corrected chi connectivity index (χ3v) is 2.70. The van der Waals surface area contributed by atoms with Gasteiger partial charge in [-0.1, -0.05) is 37.6 Å². The summed E-state index contributed by atoms with van der Waals surface area (Å²) in [6.07, 6.45) is 0.505. The van der Waals surface area contributed by atoms with E-state index in [-0.39, 0.29) is 5.91 Å². The van der Waals surface area contributed by atoms with Crippen molar-refractivity contribution in [2.45, 2.75) is 20.3 Å². The van der Waals surface area contributed by atoms with Gasteiger partial charge in [0.2, 0.25) is 5.91 Å².